The van der Waals surface area contributed by atoms with Gasteiger partial charge in [-0.05, 0) is 30.5 Å². The number of pyridine rings is 1. The van der Waals surface area contributed by atoms with Gasteiger partial charge in [-0.2, -0.15) is 5.10 Å². The minimum absolute atomic E-state index is 0.157. The molecule has 0 saturated heterocycles. The average molecular weight is 330 g/mol. The van der Waals surface area contributed by atoms with Crippen molar-refractivity contribution in [3.05, 3.63) is 54.1 Å². The number of hydrogen-bond acceptors (Lipinski definition) is 5. The first-order valence-electron chi connectivity index (χ1n) is 8.46. The van der Waals surface area contributed by atoms with Gasteiger partial charge in [0, 0.05) is 40.9 Å². The number of fused-ring (bicyclic) bond motifs is 4. The SMILES string of the molecule is Nc1ncnn2c3c(c(-c4cnc5ccccc5c4)c12)CCC(N)C3. The van der Waals surface area contributed by atoms with E-state index in [-0.39, 0.29) is 6.04 Å². The quantitative estimate of drug-likeness (QED) is 0.558. The third-order valence-corrected chi connectivity index (χ3v) is 5.06. The number of hydrogen-bond donors (Lipinski definition) is 2. The summed E-state index contributed by atoms with van der Waals surface area (Å²) in [6.07, 6.45) is 6.10. The summed E-state index contributed by atoms with van der Waals surface area (Å²) >= 11 is 0. The lowest BCUT2D eigenvalue weighted by atomic mass is 9.89. The van der Waals surface area contributed by atoms with Crippen molar-refractivity contribution in [1.29, 1.82) is 0 Å². The Morgan fingerprint density at radius 1 is 1.16 bits per heavy atom. The van der Waals surface area contributed by atoms with Gasteiger partial charge < -0.3 is 11.5 Å². The Labute approximate surface area is 144 Å². The van der Waals surface area contributed by atoms with Gasteiger partial charge in [-0.15, -0.1) is 0 Å². The fourth-order valence-corrected chi connectivity index (χ4v) is 3.90. The zero-order valence-corrected chi connectivity index (χ0v) is 13.7. The molecule has 1 unspecified atom stereocenters. The van der Waals surface area contributed by atoms with E-state index in [0.717, 1.165) is 52.5 Å². The van der Waals surface area contributed by atoms with E-state index < -0.39 is 0 Å². The summed E-state index contributed by atoms with van der Waals surface area (Å²) in [6.45, 7) is 0. The predicted octanol–water partition coefficient (Wildman–Crippen LogP) is 2.34. The molecule has 4 aromatic rings. The second kappa shape index (κ2) is 5.26. The van der Waals surface area contributed by atoms with Crippen molar-refractivity contribution in [3.63, 3.8) is 0 Å². The van der Waals surface area contributed by atoms with Crippen molar-refractivity contribution in [3.8, 4) is 11.1 Å². The predicted molar refractivity (Wildman–Crippen MR) is 98.1 cm³/mol. The van der Waals surface area contributed by atoms with E-state index in [4.69, 9.17) is 11.5 Å². The molecule has 0 aliphatic heterocycles. The summed E-state index contributed by atoms with van der Waals surface area (Å²) < 4.78 is 1.92. The lowest BCUT2D eigenvalue weighted by Crippen LogP contribution is -2.28. The zero-order chi connectivity index (χ0) is 17.0. The molecule has 124 valence electrons. The first-order chi connectivity index (χ1) is 12.2. The summed E-state index contributed by atoms with van der Waals surface area (Å²) in [5.74, 6) is 0.487. The van der Waals surface area contributed by atoms with Crippen LogP contribution in [-0.2, 0) is 12.8 Å². The lowest BCUT2D eigenvalue weighted by molar-refractivity contribution is 0.559. The van der Waals surface area contributed by atoms with Crippen LogP contribution in [0.4, 0.5) is 5.82 Å². The molecule has 4 N–H and O–H groups in total. The zero-order valence-electron chi connectivity index (χ0n) is 13.7. The fourth-order valence-electron chi connectivity index (χ4n) is 3.90. The van der Waals surface area contributed by atoms with Gasteiger partial charge in [0.2, 0.25) is 0 Å². The van der Waals surface area contributed by atoms with E-state index in [1.165, 1.54) is 11.9 Å². The van der Waals surface area contributed by atoms with Crippen LogP contribution in [0.5, 0.6) is 0 Å². The molecule has 0 radical (unpaired) electrons. The molecule has 25 heavy (non-hydrogen) atoms. The molecular weight excluding hydrogens is 312 g/mol. The van der Waals surface area contributed by atoms with Crippen molar-refractivity contribution >= 4 is 22.2 Å². The Morgan fingerprint density at radius 3 is 2.96 bits per heavy atom. The molecule has 1 aromatic carbocycles. The maximum absolute atomic E-state index is 6.23. The van der Waals surface area contributed by atoms with Crippen LogP contribution in [0.3, 0.4) is 0 Å². The van der Waals surface area contributed by atoms with E-state index >= 15 is 0 Å². The molecule has 5 rings (SSSR count). The van der Waals surface area contributed by atoms with Crippen molar-refractivity contribution in [2.45, 2.75) is 25.3 Å². The fraction of sp³-hybridized carbons (Fsp3) is 0.211. The molecule has 6 nitrogen and oxygen atoms in total. The van der Waals surface area contributed by atoms with Crippen LogP contribution in [0.25, 0.3) is 27.5 Å². The van der Waals surface area contributed by atoms with E-state index in [1.807, 2.05) is 28.9 Å². The Bertz CT molecular complexity index is 1110. The third-order valence-electron chi connectivity index (χ3n) is 5.06. The van der Waals surface area contributed by atoms with Crippen LogP contribution in [0.2, 0.25) is 0 Å². The molecule has 3 heterocycles. The van der Waals surface area contributed by atoms with Gasteiger partial charge >= 0.3 is 0 Å². The van der Waals surface area contributed by atoms with Crippen molar-refractivity contribution in [1.82, 2.24) is 19.6 Å². The second-order valence-corrected chi connectivity index (χ2v) is 6.63. The number of nitrogens with zero attached hydrogens (tertiary/aromatic N) is 4. The number of para-hydroxylation sites is 1. The number of rotatable bonds is 1. The Balaban J connectivity index is 1.85. The van der Waals surface area contributed by atoms with Gasteiger partial charge in [-0.3, -0.25) is 4.98 Å². The molecule has 0 amide bonds. The Hall–Kier alpha value is -2.99. The molecule has 1 atom stereocenters. The number of benzene rings is 1. The smallest absolute Gasteiger partial charge is 0.151 e. The maximum Gasteiger partial charge on any atom is 0.151 e. The topological polar surface area (TPSA) is 95.1 Å². The summed E-state index contributed by atoms with van der Waals surface area (Å²) in [7, 11) is 0. The normalized spacial score (nSPS) is 17.1. The van der Waals surface area contributed by atoms with Crippen LogP contribution < -0.4 is 11.5 Å². The second-order valence-electron chi connectivity index (χ2n) is 6.63. The van der Waals surface area contributed by atoms with Crippen molar-refractivity contribution in [2.75, 3.05) is 5.73 Å². The minimum Gasteiger partial charge on any atom is -0.382 e. The molecule has 0 bridgehead atoms. The van der Waals surface area contributed by atoms with E-state index in [9.17, 15) is 0 Å². The number of nitrogen functional groups attached to an aromatic ring is 1. The largest absolute Gasteiger partial charge is 0.382 e. The Morgan fingerprint density at radius 2 is 2.04 bits per heavy atom. The summed E-state index contributed by atoms with van der Waals surface area (Å²) in [5.41, 5.74) is 18.8. The summed E-state index contributed by atoms with van der Waals surface area (Å²) in [5, 5.41) is 5.56. The molecule has 0 fully saturated rings. The highest BCUT2D eigenvalue weighted by molar-refractivity contribution is 5.94. The molecule has 1 aliphatic carbocycles. The molecule has 6 heteroatoms. The maximum atomic E-state index is 6.23. The van der Waals surface area contributed by atoms with Gasteiger partial charge in [0.1, 0.15) is 11.8 Å². The van der Waals surface area contributed by atoms with Crippen LogP contribution in [-0.4, -0.2) is 25.6 Å². The molecular formula is C19H18N6. The van der Waals surface area contributed by atoms with E-state index in [1.54, 1.807) is 0 Å². The molecule has 1 aliphatic rings. The van der Waals surface area contributed by atoms with Gasteiger partial charge in [0.05, 0.1) is 5.52 Å². The van der Waals surface area contributed by atoms with Crippen molar-refractivity contribution in [2.24, 2.45) is 5.73 Å². The van der Waals surface area contributed by atoms with Crippen LogP contribution in [0, 0.1) is 0 Å². The monoisotopic (exact) mass is 330 g/mol. The number of nitrogens with two attached hydrogens (primary N) is 2. The minimum atomic E-state index is 0.157. The first-order valence-corrected chi connectivity index (χ1v) is 8.46. The highest BCUT2D eigenvalue weighted by Crippen LogP contribution is 2.38. The number of aromatic nitrogens is 4. The third kappa shape index (κ3) is 2.11. The van der Waals surface area contributed by atoms with Gasteiger partial charge in [0.25, 0.3) is 0 Å². The van der Waals surface area contributed by atoms with Crippen LogP contribution in [0.15, 0.2) is 42.9 Å². The average Bonchev–Trinajstić information content (AvgIpc) is 2.96. The lowest BCUT2D eigenvalue weighted by Gasteiger charge is -2.19. The Kier molecular flexibility index (Phi) is 3.02. The highest BCUT2D eigenvalue weighted by Gasteiger charge is 2.27. The van der Waals surface area contributed by atoms with Crippen molar-refractivity contribution < 1.29 is 0 Å². The van der Waals surface area contributed by atoms with E-state index in [2.05, 4.69) is 27.2 Å². The van der Waals surface area contributed by atoms with Crippen LogP contribution in [0.1, 0.15) is 17.7 Å². The van der Waals surface area contributed by atoms with Crippen LogP contribution >= 0.6 is 0 Å². The summed E-state index contributed by atoms with van der Waals surface area (Å²) in [4.78, 5) is 8.83. The van der Waals surface area contributed by atoms with E-state index in [0.29, 0.717) is 5.82 Å². The highest BCUT2D eigenvalue weighted by atomic mass is 15.3. The standard InChI is InChI=1S/C19H18N6/c20-13-5-6-14-16(8-13)25-18(19(21)23-10-24-25)17(14)12-7-11-3-1-2-4-15(11)22-9-12/h1-4,7,9-10,13H,5-6,8,20H2,(H2,21,23,24). The van der Waals surface area contributed by atoms with Gasteiger partial charge in [0.15, 0.2) is 5.82 Å². The molecule has 3 aromatic heterocycles. The molecule has 0 spiro atoms. The molecule has 0 saturated carbocycles. The van der Waals surface area contributed by atoms with Gasteiger partial charge in [-0.25, -0.2) is 9.50 Å². The van der Waals surface area contributed by atoms with Gasteiger partial charge in [-0.1, -0.05) is 18.2 Å². The first kappa shape index (κ1) is 14.4. The summed E-state index contributed by atoms with van der Waals surface area (Å²) in [6, 6.07) is 10.4. The number of anilines is 1.